The number of rotatable bonds is 3. The van der Waals surface area contributed by atoms with Crippen LogP contribution in [0.5, 0.6) is 0 Å². The Kier molecular flexibility index (Phi) is 5.32. The normalized spacial score (nSPS) is 11.5. The molecule has 9 heteroatoms. The van der Waals surface area contributed by atoms with Gasteiger partial charge in [-0.25, -0.2) is 4.79 Å². The van der Waals surface area contributed by atoms with E-state index < -0.39 is 22.8 Å². The van der Waals surface area contributed by atoms with Gasteiger partial charge in [0, 0.05) is 48.0 Å². The molecule has 2 N–H and O–H groups in total. The van der Waals surface area contributed by atoms with Crippen molar-refractivity contribution in [3.8, 4) is 11.1 Å². The Hall–Kier alpha value is -3.52. The number of carbonyl (C=O) groups is 1. The van der Waals surface area contributed by atoms with Gasteiger partial charge in [0.15, 0.2) is 0 Å². The van der Waals surface area contributed by atoms with Crippen LogP contribution in [0, 0.1) is 0 Å². The number of pyridine rings is 1. The summed E-state index contributed by atoms with van der Waals surface area (Å²) in [5.41, 5.74) is 2.45. The van der Waals surface area contributed by atoms with Crippen LogP contribution in [0.4, 0.5) is 29.3 Å². The third kappa shape index (κ3) is 4.34. The molecule has 2 aromatic heterocycles. The number of aromatic nitrogens is 2. The molecule has 0 aliphatic rings. The van der Waals surface area contributed by atoms with Crippen LogP contribution in [-0.4, -0.2) is 15.6 Å². The number of hydrogen-bond donors (Lipinski definition) is 2. The molecule has 5 nitrogen and oxygen atoms in total. The Labute approximate surface area is 180 Å². The van der Waals surface area contributed by atoms with Crippen molar-refractivity contribution >= 4 is 39.9 Å². The number of hydrogen-bond acceptors (Lipinski definition) is 2. The van der Waals surface area contributed by atoms with Crippen molar-refractivity contribution in [2.45, 2.75) is 6.18 Å². The topological polar surface area (TPSA) is 59.0 Å². The summed E-state index contributed by atoms with van der Waals surface area (Å²) < 4.78 is 40.9. The van der Waals surface area contributed by atoms with Crippen LogP contribution in [0.25, 0.3) is 22.0 Å². The van der Waals surface area contributed by atoms with Gasteiger partial charge in [0.2, 0.25) is 0 Å². The zero-order valence-corrected chi connectivity index (χ0v) is 16.9. The van der Waals surface area contributed by atoms with Crippen molar-refractivity contribution < 1.29 is 18.0 Å². The van der Waals surface area contributed by atoms with Crippen molar-refractivity contribution in [3.05, 3.63) is 77.7 Å². The first-order chi connectivity index (χ1) is 14.7. The Balaban J connectivity index is 1.49. The van der Waals surface area contributed by atoms with Gasteiger partial charge in [-0.15, -0.1) is 0 Å². The molecule has 4 aromatic rings. The summed E-state index contributed by atoms with van der Waals surface area (Å²) in [5.74, 6) is 0. The minimum absolute atomic E-state index is 0.0194. The van der Waals surface area contributed by atoms with Crippen molar-refractivity contribution in [2.75, 3.05) is 10.6 Å². The number of nitrogens with zero attached hydrogens (tertiary/aromatic N) is 2. The summed E-state index contributed by atoms with van der Waals surface area (Å²) in [6, 6.07) is 11.6. The van der Waals surface area contributed by atoms with Gasteiger partial charge in [-0.2, -0.15) is 13.2 Å². The van der Waals surface area contributed by atoms with Gasteiger partial charge in [0.1, 0.15) is 0 Å². The van der Waals surface area contributed by atoms with E-state index in [4.69, 9.17) is 11.6 Å². The highest BCUT2D eigenvalue weighted by Crippen LogP contribution is 2.36. The third-order valence-corrected chi connectivity index (χ3v) is 5.10. The zero-order valence-electron chi connectivity index (χ0n) is 16.2. The minimum atomic E-state index is -4.61. The van der Waals surface area contributed by atoms with Crippen LogP contribution in [0.3, 0.4) is 0 Å². The average molecular weight is 445 g/mol. The molecule has 0 fully saturated rings. The molecule has 0 unspecified atom stereocenters. The zero-order chi connectivity index (χ0) is 22.2. The van der Waals surface area contributed by atoms with E-state index in [-0.39, 0.29) is 5.69 Å². The van der Waals surface area contributed by atoms with Gasteiger partial charge >= 0.3 is 12.2 Å². The maximum Gasteiger partial charge on any atom is 0.417 e. The molecule has 0 spiro atoms. The summed E-state index contributed by atoms with van der Waals surface area (Å²) in [4.78, 5) is 16.4. The standard InChI is InChI=1S/C22H16ClF3N4O/c1-30-12-17(16-11-27-9-8-20(16)30)13-2-4-14(5-3-13)28-21(31)29-15-6-7-19(23)18(10-15)22(24,25)26/h2-12H,1H3,(H2,28,29,31). The number of amides is 2. The van der Waals surface area contributed by atoms with E-state index >= 15 is 0 Å². The maximum atomic E-state index is 13.0. The number of urea groups is 1. The highest BCUT2D eigenvalue weighted by molar-refractivity contribution is 6.31. The maximum absolute atomic E-state index is 13.0. The fourth-order valence-electron chi connectivity index (χ4n) is 3.31. The molecule has 0 radical (unpaired) electrons. The summed E-state index contributed by atoms with van der Waals surface area (Å²) in [7, 11) is 1.95. The van der Waals surface area contributed by atoms with Crippen molar-refractivity contribution in [2.24, 2.45) is 7.05 Å². The predicted molar refractivity (Wildman–Crippen MR) is 115 cm³/mol. The highest BCUT2D eigenvalue weighted by Gasteiger charge is 2.33. The molecule has 2 heterocycles. The second-order valence-corrected chi connectivity index (χ2v) is 7.30. The molecule has 0 aliphatic heterocycles. The van der Waals surface area contributed by atoms with Crippen LogP contribution in [-0.2, 0) is 13.2 Å². The van der Waals surface area contributed by atoms with E-state index in [0.29, 0.717) is 5.69 Å². The minimum Gasteiger partial charge on any atom is -0.350 e. The van der Waals surface area contributed by atoms with Crippen LogP contribution in [0.1, 0.15) is 5.56 Å². The molecule has 2 amide bonds. The molecular weight excluding hydrogens is 429 g/mol. The molecule has 2 aromatic carbocycles. The molecule has 158 valence electrons. The van der Waals surface area contributed by atoms with Gasteiger partial charge in [-0.05, 0) is 42.0 Å². The number of anilines is 2. The van der Waals surface area contributed by atoms with Crippen molar-refractivity contribution in [3.63, 3.8) is 0 Å². The second kappa shape index (κ2) is 7.96. The monoisotopic (exact) mass is 444 g/mol. The molecule has 4 rings (SSSR count). The first-order valence-corrected chi connectivity index (χ1v) is 9.54. The largest absolute Gasteiger partial charge is 0.417 e. The van der Waals surface area contributed by atoms with Crippen molar-refractivity contribution in [1.82, 2.24) is 9.55 Å². The van der Waals surface area contributed by atoms with Crippen LogP contribution in [0.15, 0.2) is 67.1 Å². The molecule has 31 heavy (non-hydrogen) atoms. The van der Waals surface area contributed by atoms with E-state index in [2.05, 4.69) is 15.6 Å². The van der Waals surface area contributed by atoms with Gasteiger partial charge in [0.05, 0.1) is 16.1 Å². The Morgan fingerprint density at radius 2 is 1.71 bits per heavy atom. The van der Waals surface area contributed by atoms with Crippen molar-refractivity contribution in [1.29, 1.82) is 0 Å². The Bertz CT molecular complexity index is 1270. The number of alkyl halides is 3. The quantitative estimate of drug-likeness (QED) is 0.376. The second-order valence-electron chi connectivity index (χ2n) is 6.90. The number of halogens is 4. The Morgan fingerprint density at radius 3 is 2.42 bits per heavy atom. The number of carbonyl (C=O) groups excluding carboxylic acids is 1. The summed E-state index contributed by atoms with van der Waals surface area (Å²) in [5, 5.41) is 5.56. The predicted octanol–water partition coefficient (Wildman–Crippen LogP) is 6.56. The van der Waals surface area contributed by atoms with Crippen LogP contribution >= 0.6 is 11.6 Å². The summed E-state index contributed by atoms with van der Waals surface area (Å²) in [6.45, 7) is 0. The highest BCUT2D eigenvalue weighted by atomic mass is 35.5. The number of fused-ring (bicyclic) bond motifs is 1. The van der Waals surface area contributed by atoms with E-state index in [0.717, 1.165) is 34.2 Å². The van der Waals surface area contributed by atoms with Crippen LogP contribution in [0.2, 0.25) is 5.02 Å². The lowest BCUT2D eigenvalue weighted by atomic mass is 10.1. The van der Waals surface area contributed by atoms with E-state index in [1.807, 2.05) is 36.0 Å². The number of benzene rings is 2. The van der Waals surface area contributed by atoms with E-state index in [1.165, 1.54) is 6.07 Å². The van der Waals surface area contributed by atoms with Crippen LogP contribution < -0.4 is 10.6 Å². The average Bonchev–Trinajstić information content (AvgIpc) is 3.06. The molecule has 0 saturated heterocycles. The lowest BCUT2D eigenvalue weighted by Crippen LogP contribution is -2.19. The third-order valence-electron chi connectivity index (χ3n) is 4.77. The molecule has 0 atom stereocenters. The first kappa shape index (κ1) is 20.7. The van der Waals surface area contributed by atoms with E-state index in [1.54, 1.807) is 24.5 Å². The van der Waals surface area contributed by atoms with Gasteiger partial charge in [0.25, 0.3) is 0 Å². The molecular formula is C22H16ClF3N4O. The van der Waals surface area contributed by atoms with E-state index in [9.17, 15) is 18.0 Å². The smallest absolute Gasteiger partial charge is 0.350 e. The number of nitrogens with one attached hydrogen (secondary N) is 2. The lowest BCUT2D eigenvalue weighted by Gasteiger charge is -2.12. The van der Waals surface area contributed by atoms with Gasteiger partial charge in [-0.3, -0.25) is 4.98 Å². The fourth-order valence-corrected chi connectivity index (χ4v) is 3.54. The van der Waals surface area contributed by atoms with Gasteiger partial charge in [-0.1, -0.05) is 23.7 Å². The number of aryl methyl sites for hydroxylation is 1. The summed E-state index contributed by atoms with van der Waals surface area (Å²) in [6.07, 6.45) is 0.917. The molecule has 0 bridgehead atoms. The SMILES string of the molecule is Cn1cc(-c2ccc(NC(=O)Nc3ccc(Cl)c(C(F)(F)F)c3)cc2)c2cnccc21. The molecule has 0 aliphatic carbocycles. The Morgan fingerprint density at radius 1 is 1.03 bits per heavy atom. The lowest BCUT2D eigenvalue weighted by molar-refractivity contribution is -0.137. The van der Waals surface area contributed by atoms with Gasteiger partial charge < -0.3 is 15.2 Å². The summed E-state index contributed by atoms with van der Waals surface area (Å²) >= 11 is 5.60. The fraction of sp³-hybridized carbons (Fsp3) is 0.0909. The first-order valence-electron chi connectivity index (χ1n) is 9.16. The molecule has 0 saturated carbocycles.